The minimum absolute atomic E-state index is 0. The predicted octanol–water partition coefficient (Wildman–Crippen LogP) is 2.77. The number of aromatic hydroxyl groups is 1. The van der Waals surface area contributed by atoms with Crippen molar-refractivity contribution >= 4 is 24.2 Å². The maximum atomic E-state index is 12.2. The van der Waals surface area contributed by atoms with Crippen LogP contribution in [-0.2, 0) is 0 Å². The summed E-state index contributed by atoms with van der Waals surface area (Å²) in [6, 6.07) is 3.09. The molecule has 0 unspecified atom stereocenters. The molecule has 0 fully saturated rings. The van der Waals surface area contributed by atoms with Crippen LogP contribution in [0.25, 0.3) is 0 Å². The lowest BCUT2D eigenvalue weighted by molar-refractivity contribution is -0.0328. The SMILES string of the molecule is Cl.NCC[C@H](N)c1cc(SC(F)(F)F)ccc1O. The van der Waals surface area contributed by atoms with Gasteiger partial charge in [0, 0.05) is 16.5 Å². The molecule has 0 aliphatic carbocycles. The number of phenols is 1. The van der Waals surface area contributed by atoms with Crippen LogP contribution >= 0.6 is 24.2 Å². The molecule has 0 aliphatic heterocycles. The van der Waals surface area contributed by atoms with Crippen LogP contribution in [-0.4, -0.2) is 17.2 Å². The molecule has 0 heterocycles. The van der Waals surface area contributed by atoms with E-state index in [1.54, 1.807) is 0 Å². The van der Waals surface area contributed by atoms with Gasteiger partial charge in [-0.15, -0.1) is 12.4 Å². The van der Waals surface area contributed by atoms with E-state index in [9.17, 15) is 18.3 Å². The lowest BCUT2D eigenvalue weighted by Gasteiger charge is -2.14. The number of hydrogen-bond acceptors (Lipinski definition) is 4. The van der Waals surface area contributed by atoms with Crippen molar-refractivity contribution in [1.29, 1.82) is 0 Å². The summed E-state index contributed by atoms with van der Waals surface area (Å²) >= 11 is -0.239. The molecule has 0 aliphatic rings. The van der Waals surface area contributed by atoms with Gasteiger partial charge in [0.05, 0.1) is 0 Å². The van der Waals surface area contributed by atoms with E-state index in [0.29, 0.717) is 13.0 Å². The van der Waals surface area contributed by atoms with Crippen LogP contribution in [0.4, 0.5) is 13.2 Å². The molecule has 18 heavy (non-hydrogen) atoms. The zero-order valence-corrected chi connectivity index (χ0v) is 10.9. The van der Waals surface area contributed by atoms with Gasteiger partial charge in [-0.25, -0.2) is 0 Å². The van der Waals surface area contributed by atoms with E-state index < -0.39 is 11.6 Å². The molecule has 104 valence electrons. The first-order valence-corrected chi connectivity index (χ1v) is 5.69. The van der Waals surface area contributed by atoms with E-state index in [-0.39, 0.29) is 40.4 Å². The summed E-state index contributed by atoms with van der Waals surface area (Å²) in [5, 5.41) is 9.52. The number of hydrogen-bond donors (Lipinski definition) is 3. The van der Waals surface area contributed by atoms with Crippen molar-refractivity contribution in [1.82, 2.24) is 0 Å². The molecule has 1 rings (SSSR count). The maximum absolute atomic E-state index is 12.2. The van der Waals surface area contributed by atoms with Crippen molar-refractivity contribution in [3.05, 3.63) is 23.8 Å². The van der Waals surface area contributed by atoms with Gasteiger partial charge in [0.15, 0.2) is 0 Å². The van der Waals surface area contributed by atoms with E-state index in [4.69, 9.17) is 11.5 Å². The predicted molar refractivity (Wildman–Crippen MR) is 67.9 cm³/mol. The molecular formula is C10H14ClF3N2OS. The third-order valence-corrected chi connectivity index (χ3v) is 2.83. The number of thioether (sulfide) groups is 1. The third kappa shape index (κ3) is 5.34. The van der Waals surface area contributed by atoms with E-state index in [0.717, 1.165) is 0 Å². The minimum Gasteiger partial charge on any atom is -0.508 e. The molecule has 0 saturated carbocycles. The van der Waals surface area contributed by atoms with Crippen LogP contribution in [0.1, 0.15) is 18.0 Å². The van der Waals surface area contributed by atoms with Gasteiger partial charge in [-0.05, 0) is 42.9 Å². The Hall–Kier alpha value is -0.630. The highest BCUT2D eigenvalue weighted by molar-refractivity contribution is 8.00. The number of halogens is 4. The van der Waals surface area contributed by atoms with Crippen LogP contribution in [0.5, 0.6) is 5.75 Å². The quantitative estimate of drug-likeness (QED) is 0.748. The lowest BCUT2D eigenvalue weighted by atomic mass is 10.0. The molecule has 0 saturated heterocycles. The Kier molecular flexibility index (Phi) is 6.83. The Balaban J connectivity index is 0.00000289. The van der Waals surface area contributed by atoms with E-state index >= 15 is 0 Å². The molecule has 1 atom stereocenters. The van der Waals surface area contributed by atoms with Gasteiger partial charge >= 0.3 is 5.51 Å². The van der Waals surface area contributed by atoms with Gasteiger partial charge in [-0.2, -0.15) is 13.2 Å². The highest BCUT2D eigenvalue weighted by atomic mass is 35.5. The number of rotatable bonds is 4. The Morgan fingerprint density at radius 2 is 1.94 bits per heavy atom. The van der Waals surface area contributed by atoms with Crippen molar-refractivity contribution in [2.24, 2.45) is 11.5 Å². The molecule has 0 bridgehead atoms. The first-order valence-electron chi connectivity index (χ1n) is 4.88. The average molecular weight is 303 g/mol. The Morgan fingerprint density at radius 1 is 1.33 bits per heavy atom. The van der Waals surface area contributed by atoms with E-state index in [1.165, 1.54) is 18.2 Å². The molecule has 0 spiro atoms. The normalized spacial score (nSPS) is 12.9. The highest BCUT2D eigenvalue weighted by Gasteiger charge is 2.29. The van der Waals surface area contributed by atoms with Crippen molar-refractivity contribution < 1.29 is 18.3 Å². The summed E-state index contributed by atoms with van der Waals surface area (Å²) in [5.41, 5.74) is 6.95. The molecule has 3 nitrogen and oxygen atoms in total. The first-order chi connectivity index (χ1) is 7.83. The van der Waals surface area contributed by atoms with Gasteiger partial charge in [0.25, 0.3) is 0 Å². The monoisotopic (exact) mass is 302 g/mol. The van der Waals surface area contributed by atoms with Crippen LogP contribution in [0, 0.1) is 0 Å². The van der Waals surface area contributed by atoms with Gasteiger partial charge in [0.1, 0.15) is 5.75 Å². The summed E-state index contributed by atoms with van der Waals surface area (Å²) in [4.78, 5) is -0.00206. The number of nitrogens with two attached hydrogens (primary N) is 2. The summed E-state index contributed by atoms with van der Waals surface area (Å²) < 4.78 is 36.5. The van der Waals surface area contributed by atoms with Gasteiger partial charge in [-0.1, -0.05) is 0 Å². The van der Waals surface area contributed by atoms with E-state index in [1.807, 2.05) is 0 Å². The molecule has 0 amide bonds. The van der Waals surface area contributed by atoms with Crippen molar-refractivity contribution in [2.75, 3.05) is 6.54 Å². The zero-order valence-electron chi connectivity index (χ0n) is 9.28. The Labute approximate surface area is 113 Å². The molecule has 0 radical (unpaired) electrons. The topological polar surface area (TPSA) is 72.3 Å². The molecule has 5 N–H and O–H groups in total. The lowest BCUT2D eigenvalue weighted by Crippen LogP contribution is -2.15. The fourth-order valence-corrected chi connectivity index (χ4v) is 1.95. The summed E-state index contributed by atoms with van der Waals surface area (Å²) in [5.74, 6) is -0.113. The second kappa shape index (κ2) is 7.08. The smallest absolute Gasteiger partial charge is 0.446 e. The van der Waals surface area contributed by atoms with Crippen molar-refractivity contribution in [3.63, 3.8) is 0 Å². The molecule has 0 aromatic heterocycles. The summed E-state index contributed by atoms with van der Waals surface area (Å²) in [7, 11) is 0. The van der Waals surface area contributed by atoms with E-state index in [2.05, 4.69) is 0 Å². The molecule has 1 aromatic rings. The summed E-state index contributed by atoms with van der Waals surface area (Å²) in [6.45, 7) is 0.303. The number of phenolic OH excluding ortho intramolecular Hbond substituents is 1. The second-order valence-corrected chi connectivity index (χ2v) is 4.59. The Morgan fingerprint density at radius 3 is 2.44 bits per heavy atom. The van der Waals surface area contributed by atoms with Gasteiger partial charge in [-0.3, -0.25) is 0 Å². The zero-order chi connectivity index (χ0) is 13.1. The van der Waals surface area contributed by atoms with Crippen LogP contribution in [0.2, 0.25) is 0 Å². The largest absolute Gasteiger partial charge is 0.508 e. The van der Waals surface area contributed by atoms with Crippen LogP contribution in [0.3, 0.4) is 0 Å². The van der Waals surface area contributed by atoms with Gasteiger partial charge < -0.3 is 16.6 Å². The average Bonchev–Trinajstić information content (AvgIpc) is 2.19. The van der Waals surface area contributed by atoms with Crippen LogP contribution < -0.4 is 11.5 Å². The third-order valence-electron chi connectivity index (χ3n) is 2.11. The molecule has 1 aromatic carbocycles. The highest BCUT2D eigenvalue weighted by Crippen LogP contribution is 2.39. The fourth-order valence-electron chi connectivity index (χ4n) is 1.36. The first kappa shape index (κ1) is 17.4. The second-order valence-electron chi connectivity index (χ2n) is 3.45. The maximum Gasteiger partial charge on any atom is 0.446 e. The standard InChI is InChI=1S/C10H13F3N2OS.ClH/c11-10(12,13)17-6-1-2-9(16)7(5-6)8(15)3-4-14;/h1-2,5,8,16H,3-4,14-15H2;1H/t8-;/m0./s1. The summed E-state index contributed by atoms with van der Waals surface area (Å²) in [6.07, 6.45) is 0.397. The van der Waals surface area contributed by atoms with Crippen molar-refractivity contribution in [2.45, 2.75) is 22.9 Å². The fraction of sp³-hybridized carbons (Fsp3) is 0.400. The Bertz CT molecular complexity index is 390. The molecular weight excluding hydrogens is 289 g/mol. The minimum atomic E-state index is -4.35. The number of benzene rings is 1. The molecule has 8 heteroatoms. The van der Waals surface area contributed by atoms with Crippen molar-refractivity contribution in [3.8, 4) is 5.75 Å². The number of alkyl halides is 3. The van der Waals surface area contributed by atoms with Gasteiger partial charge in [0.2, 0.25) is 0 Å². The van der Waals surface area contributed by atoms with Crippen LogP contribution in [0.15, 0.2) is 23.1 Å².